The summed E-state index contributed by atoms with van der Waals surface area (Å²) in [5.41, 5.74) is 5.97. The zero-order chi connectivity index (χ0) is 15.7. The normalized spacial score (nSPS) is 13.8. The molecule has 0 saturated carbocycles. The maximum Gasteiger partial charge on any atom is 0.0981 e. The first kappa shape index (κ1) is 12.2. The number of nitrogens with zero attached hydrogens (tertiary/aromatic N) is 3. The van der Waals surface area contributed by atoms with Crippen molar-refractivity contribution in [3.8, 4) is 0 Å². The number of allylic oxidation sites excluding steroid dienone is 1. The van der Waals surface area contributed by atoms with Gasteiger partial charge >= 0.3 is 0 Å². The summed E-state index contributed by atoms with van der Waals surface area (Å²) in [4.78, 5) is 17.6. The second kappa shape index (κ2) is 4.17. The van der Waals surface area contributed by atoms with E-state index in [-0.39, 0.29) is 0 Å². The van der Waals surface area contributed by atoms with E-state index < -0.39 is 0 Å². The van der Waals surface area contributed by atoms with Crippen molar-refractivity contribution in [3.63, 3.8) is 0 Å². The lowest BCUT2D eigenvalue weighted by atomic mass is 10.1. The van der Waals surface area contributed by atoms with Crippen molar-refractivity contribution in [2.24, 2.45) is 0 Å². The first-order valence-corrected chi connectivity index (χ1v) is 8.05. The molecule has 4 heterocycles. The lowest BCUT2D eigenvalue weighted by molar-refractivity contribution is 1.26. The molecule has 1 aliphatic rings. The van der Waals surface area contributed by atoms with E-state index in [9.17, 15) is 0 Å². The van der Waals surface area contributed by atoms with E-state index in [0.717, 1.165) is 55.9 Å². The predicted molar refractivity (Wildman–Crippen MR) is 97.5 cm³/mol. The number of pyridine rings is 2. The van der Waals surface area contributed by atoms with Crippen LogP contribution in [0, 0.1) is 0 Å². The number of fused-ring (bicyclic) bond motifs is 9. The molecule has 1 aliphatic carbocycles. The van der Waals surface area contributed by atoms with Crippen LogP contribution in [0.1, 0.15) is 12.1 Å². The van der Waals surface area contributed by atoms with E-state index in [0.29, 0.717) is 0 Å². The number of hydrogen-bond donors (Lipinski definition) is 1. The van der Waals surface area contributed by atoms with Crippen LogP contribution in [-0.2, 0) is 0 Å². The molecule has 0 fully saturated rings. The Labute approximate surface area is 136 Å². The molecule has 24 heavy (non-hydrogen) atoms. The summed E-state index contributed by atoms with van der Waals surface area (Å²) in [6.07, 6.45) is 11.2. The minimum absolute atomic E-state index is 0.934. The minimum Gasteiger partial charge on any atom is -0.357 e. The van der Waals surface area contributed by atoms with Crippen molar-refractivity contribution in [2.45, 2.75) is 6.42 Å². The Kier molecular flexibility index (Phi) is 2.12. The highest BCUT2D eigenvalue weighted by atomic mass is 14.8. The molecule has 0 aliphatic heterocycles. The van der Waals surface area contributed by atoms with Gasteiger partial charge in [-0.1, -0.05) is 30.4 Å². The largest absolute Gasteiger partial charge is 0.357 e. The molecule has 4 aromatic heterocycles. The summed E-state index contributed by atoms with van der Waals surface area (Å²) in [6, 6.07) is 8.24. The Bertz CT molecular complexity index is 1380. The van der Waals surface area contributed by atoms with Crippen LogP contribution in [0.5, 0.6) is 0 Å². The molecule has 6 rings (SSSR count). The van der Waals surface area contributed by atoms with Gasteiger partial charge in [-0.2, -0.15) is 0 Å². The van der Waals surface area contributed by atoms with Gasteiger partial charge in [0, 0.05) is 27.6 Å². The molecular weight excluding hydrogens is 296 g/mol. The molecule has 4 heteroatoms. The number of aromatic amines is 1. The summed E-state index contributed by atoms with van der Waals surface area (Å²) < 4.78 is 0. The lowest BCUT2D eigenvalue weighted by Gasteiger charge is -2.02. The van der Waals surface area contributed by atoms with Gasteiger partial charge in [-0.25, -0.2) is 9.97 Å². The molecular formula is C20H12N4. The highest BCUT2D eigenvalue weighted by molar-refractivity contribution is 6.22. The molecule has 112 valence electrons. The number of nitrogens with one attached hydrogen (secondary N) is 1. The monoisotopic (exact) mass is 308 g/mol. The third-order valence-corrected chi connectivity index (χ3v) is 4.84. The van der Waals surface area contributed by atoms with E-state index >= 15 is 0 Å². The third kappa shape index (κ3) is 1.41. The van der Waals surface area contributed by atoms with Crippen molar-refractivity contribution in [1.29, 1.82) is 0 Å². The maximum absolute atomic E-state index is 4.90. The fourth-order valence-electron chi connectivity index (χ4n) is 3.80. The third-order valence-electron chi connectivity index (χ3n) is 4.84. The van der Waals surface area contributed by atoms with E-state index in [4.69, 9.17) is 9.97 Å². The smallest absolute Gasteiger partial charge is 0.0981 e. The SMILES string of the molecule is C1=Cc2ncc3nc4c([nH]cc5nc6ccccc6c54)c3c2=CC1. The molecule has 0 atom stereocenters. The van der Waals surface area contributed by atoms with Crippen molar-refractivity contribution in [3.05, 3.63) is 53.6 Å². The van der Waals surface area contributed by atoms with Crippen LogP contribution in [0.4, 0.5) is 0 Å². The number of hydrogen-bond acceptors (Lipinski definition) is 3. The Morgan fingerprint density at radius 1 is 0.958 bits per heavy atom. The molecule has 0 spiro atoms. The Hall–Kier alpha value is -3.27. The second-order valence-corrected chi connectivity index (χ2v) is 6.17. The van der Waals surface area contributed by atoms with Gasteiger partial charge in [-0.3, -0.25) is 4.98 Å². The first-order valence-electron chi connectivity index (χ1n) is 8.05. The predicted octanol–water partition coefficient (Wildman–Crippen LogP) is 3.73. The van der Waals surface area contributed by atoms with Crippen molar-refractivity contribution in [1.82, 2.24) is 19.9 Å². The minimum atomic E-state index is 0.934. The number of aromatic nitrogens is 4. The zero-order valence-corrected chi connectivity index (χ0v) is 12.7. The standard InChI is InChI=1S/C20H12N4/c1-3-7-13-11(5-1)17-16(9-21-13)24-20-18-12-6-2-4-8-14(12)23-15(18)10-22-19(17)20/h2-10,22H,1H2. The zero-order valence-electron chi connectivity index (χ0n) is 12.7. The number of para-hydroxylation sites is 1. The second-order valence-electron chi connectivity index (χ2n) is 6.17. The first-order chi connectivity index (χ1) is 11.9. The summed E-state index contributed by atoms with van der Waals surface area (Å²) >= 11 is 0. The maximum atomic E-state index is 4.90. The van der Waals surface area contributed by atoms with Crippen LogP contribution in [0.2, 0.25) is 0 Å². The molecule has 5 aromatic rings. The van der Waals surface area contributed by atoms with E-state index in [1.54, 1.807) is 0 Å². The van der Waals surface area contributed by atoms with Crippen LogP contribution in [0.15, 0.2) is 42.7 Å². The highest BCUT2D eigenvalue weighted by Gasteiger charge is 2.16. The van der Waals surface area contributed by atoms with Crippen LogP contribution in [0.25, 0.3) is 55.9 Å². The van der Waals surface area contributed by atoms with Crippen molar-refractivity contribution < 1.29 is 0 Å². The van der Waals surface area contributed by atoms with Gasteiger partial charge < -0.3 is 4.98 Å². The summed E-state index contributed by atoms with van der Waals surface area (Å²) in [6.45, 7) is 0. The molecule has 1 N–H and O–H groups in total. The van der Waals surface area contributed by atoms with E-state index in [1.165, 1.54) is 5.22 Å². The molecule has 0 saturated heterocycles. The fourth-order valence-corrected chi connectivity index (χ4v) is 3.80. The van der Waals surface area contributed by atoms with Crippen LogP contribution >= 0.6 is 0 Å². The number of benzene rings is 1. The summed E-state index contributed by atoms with van der Waals surface area (Å²) in [5, 5.41) is 4.61. The summed E-state index contributed by atoms with van der Waals surface area (Å²) in [5.74, 6) is 0. The van der Waals surface area contributed by atoms with Gasteiger partial charge in [-0.15, -0.1) is 0 Å². The molecule has 0 bridgehead atoms. The molecule has 1 aromatic carbocycles. The molecule has 0 unspecified atom stereocenters. The van der Waals surface area contributed by atoms with E-state index in [2.05, 4.69) is 40.3 Å². The van der Waals surface area contributed by atoms with Crippen LogP contribution in [-0.4, -0.2) is 19.9 Å². The average molecular weight is 308 g/mol. The van der Waals surface area contributed by atoms with Gasteiger partial charge in [0.05, 0.1) is 39.5 Å². The molecule has 4 nitrogen and oxygen atoms in total. The lowest BCUT2D eigenvalue weighted by Crippen LogP contribution is -2.11. The average Bonchev–Trinajstić information content (AvgIpc) is 3.19. The van der Waals surface area contributed by atoms with Gasteiger partial charge in [0.15, 0.2) is 0 Å². The van der Waals surface area contributed by atoms with Gasteiger partial charge in [0.1, 0.15) is 0 Å². The Morgan fingerprint density at radius 3 is 2.92 bits per heavy atom. The van der Waals surface area contributed by atoms with E-state index in [1.807, 2.05) is 24.5 Å². The Morgan fingerprint density at radius 2 is 1.92 bits per heavy atom. The fraction of sp³-hybridized carbons (Fsp3) is 0.0500. The van der Waals surface area contributed by atoms with Crippen molar-refractivity contribution >= 4 is 55.9 Å². The highest BCUT2D eigenvalue weighted by Crippen LogP contribution is 2.33. The molecule has 0 radical (unpaired) electrons. The quantitative estimate of drug-likeness (QED) is 0.474. The van der Waals surface area contributed by atoms with Crippen LogP contribution in [0.3, 0.4) is 0 Å². The summed E-state index contributed by atoms with van der Waals surface area (Å²) in [7, 11) is 0. The number of rotatable bonds is 0. The van der Waals surface area contributed by atoms with Gasteiger partial charge in [0.25, 0.3) is 0 Å². The topological polar surface area (TPSA) is 54.5 Å². The van der Waals surface area contributed by atoms with Crippen LogP contribution < -0.4 is 5.22 Å². The molecule has 0 amide bonds. The number of H-pyrrole nitrogens is 1. The van der Waals surface area contributed by atoms with Gasteiger partial charge in [0.2, 0.25) is 0 Å². The Balaban J connectivity index is 1.92. The van der Waals surface area contributed by atoms with Crippen molar-refractivity contribution in [2.75, 3.05) is 0 Å². The van der Waals surface area contributed by atoms with Gasteiger partial charge in [-0.05, 0) is 18.6 Å².